The van der Waals surface area contributed by atoms with Gasteiger partial charge in [-0.3, -0.25) is 9.48 Å². The highest BCUT2D eigenvalue weighted by Gasteiger charge is 2.34. The van der Waals surface area contributed by atoms with Crippen LogP contribution in [0.3, 0.4) is 0 Å². The first kappa shape index (κ1) is 15.1. The van der Waals surface area contributed by atoms with Crippen LogP contribution in [0.4, 0.5) is 0 Å². The predicted octanol–water partition coefficient (Wildman–Crippen LogP) is 3.81. The molecule has 3 aromatic rings. The molecule has 1 saturated heterocycles. The molecule has 0 spiro atoms. The summed E-state index contributed by atoms with van der Waals surface area (Å²) < 4.78 is 3.21. The van der Waals surface area contributed by atoms with E-state index in [0.717, 1.165) is 67.0 Å². The molecule has 5 rings (SSSR count). The molecule has 1 aromatic carbocycles. The Labute approximate surface area is 150 Å². The fourth-order valence-electron chi connectivity index (χ4n) is 4.05. The highest BCUT2D eigenvalue weighted by molar-refractivity contribution is 7.18. The monoisotopic (exact) mass is 352 g/mol. The van der Waals surface area contributed by atoms with E-state index in [9.17, 15) is 4.79 Å². The zero-order valence-electron chi connectivity index (χ0n) is 14.0. The van der Waals surface area contributed by atoms with Crippen LogP contribution < -0.4 is 0 Å². The summed E-state index contributed by atoms with van der Waals surface area (Å²) in [6.07, 6.45) is 7.07. The topological polar surface area (TPSA) is 51.0 Å². The third-order valence-electron chi connectivity index (χ3n) is 5.32. The van der Waals surface area contributed by atoms with Crippen LogP contribution in [-0.2, 0) is 13.0 Å². The van der Waals surface area contributed by atoms with Crippen molar-refractivity contribution in [2.45, 2.75) is 44.7 Å². The number of hydrogen-bond donors (Lipinski definition) is 0. The summed E-state index contributed by atoms with van der Waals surface area (Å²) in [5.74, 6) is 0.130. The molecule has 1 amide bonds. The molecule has 0 radical (unpaired) electrons. The van der Waals surface area contributed by atoms with Crippen molar-refractivity contribution < 1.29 is 4.79 Å². The van der Waals surface area contributed by atoms with Gasteiger partial charge < -0.3 is 4.90 Å². The zero-order valence-corrected chi connectivity index (χ0v) is 14.8. The van der Waals surface area contributed by atoms with Crippen LogP contribution in [0.1, 0.15) is 52.8 Å². The molecule has 1 fully saturated rings. The van der Waals surface area contributed by atoms with Gasteiger partial charge in [0, 0.05) is 13.1 Å². The molecule has 6 heteroatoms. The first-order valence-corrected chi connectivity index (χ1v) is 9.84. The number of rotatable bonds is 2. The number of aromatic nitrogens is 3. The lowest BCUT2D eigenvalue weighted by Gasteiger charge is -2.24. The Balaban J connectivity index is 1.48. The first-order valence-electron chi connectivity index (χ1n) is 9.02. The van der Waals surface area contributed by atoms with Gasteiger partial charge in [-0.25, -0.2) is 4.98 Å². The Bertz CT molecular complexity index is 911. The fraction of sp³-hybridized carbons (Fsp3) is 0.421. The minimum atomic E-state index is 0.101. The number of nitrogens with zero attached hydrogens (tertiary/aromatic N) is 4. The van der Waals surface area contributed by atoms with Crippen molar-refractivity contribution in [1.82, 2.24) is 19.7 Å². The van der Waals surface area contributed by atoms with E-state index in [1.54, 1.807) is 17.5 Å². The molecule has 1 atom stereocenters. The van der Waals surface area contributed by atoms with E-state index in [0.29, 0.717) is 0 Å². The molecule has 0 bridgehead atoms. The Hall–Kier alpha value is -2.21. The number of amides is 1. The second kappa shape index (κ2) is 5.95. The average molecular weight is 352 g/mol. The second-order valence-corrected chi connectivity index (χ2v) is 7.92. The van der Waals surface area contributed by atoms with Gasteiger partial charge in [-0.2, -0.15) is 5.10 Å². The maximum Gasteiger partial charge on any atom is 0.257 e. The molecule has 4 heterocycles. The van der Waals surface area contributed by atoms with Gasteiger partial charge in [0.05, 0.1) is 33.7 Å². The van der Waals surface area contributed by atoms with Crippen LogP contribution in [0.25, 0.3) is 10.2 Å². The van der Waals surface area contributed by atoms with Gasteiger partial charge in [-0.1, -0.05) is 12.1 Å². The maximum atomic E-state index is 13.2. The summed E-state index contributed by atoms with van der Waals surface area (Å²) in [5, 5.41) is 5.50. The van der Waals surface area contributed by atoms with E-state index in [1.807, 2.05) is 27.8 Å². The first-order chi connectivity index (χ1) is 12.3. The molecule has 0 aliphatic carbocycles. The van der Waals surface area contributed by atoms with E-state index in [4.69, 9.17) is 4.98 Å². The van der Waals surface area contributed by atoms with Crippen molar-refractivity contribution in [3.63, 3.8) is 0 Å². The molecule has 2 aliphatic heterocycles. The number of hydrogen-bond acceptors (Lipinski definition) is 4. The molecule has 2 aliphatic rings. The van der Waals surface area contributed by atoms with Gasteiger partial charge in [0.15, 0.2) is 0 Å². The minimum Gasteiger partial charge on any atom is -0.329 e. The van der Waals surface area contributed by atoms with Gasteiger partial charge >= 0.3 is 0 Å². The lowest BCUT2D eigenvalue weighted by atomic mass is 10.1. The lowest BCUT2D eigenvalue weighted by Crippen LogP contribution is -2.31. The predicted molar refractivity (Wildman–Crippen MR) is 97.8 cm³/mol. The van der Waals surface area contributed by atoms with Gasteiger partial charge in [-0.05, 0) is 44.2 Å². The highest BCUT2D eigenvalue weighted by atomic mass is 32.1. The Morgan fingerprint density at radius 2 is 2.08 bits per heavy atom. The Kier molecular flexibility index (Phi) is 3.59. The zero-order chi connectivity index (χ0) is 16.8. The standard InChI is InChI=1S/C19H20N4OS/c24-19(13-12-20-23-11-4-3-7-15(13)23)22-10-5-8-16(22)18-21-14-6-1-2-9-17(14)25-18/h1-2,6,9,12,16H,3-5,7-8,10-11H2. The number of thiazole rings is 1. The number of para-hydroxylation sites is 1. The molecule has 0 saturated carbocycles. The molecular weight excluding hydrogens is 332 g/mol. The van der Waals surface area contributed by atoms with Crippen molar-refractivity contribution in [3.05, 3.63) is 46.7 Å². The van der Waals surface area contributed by atoms with Crippen LogP contribution in [0, 0.1) is 0 Å². The Morgan fingerprint density at radius 1 is 1.16 bits per heavy atom. The molecule has 2 aromatic heterocycles. The van der Waals surface area contributed by atoms with E-state index in [-0.39, 0.29) is 11.9 Å². The Morgan fingerprint density at radius 3 is 3.00 bits per heavy atom. The van der Waals surface area contributed by atoms with Gasteiger partial charge in [0.2, 0.25) is 0 Å². The largest absolute Gasteiger partial charge is 0.329 e. The van der Waals surface area contributed by atoms with Crippen LogP contribution in [0.5, 0.6) is 0 Å². The van der Waals surface area contributed by atoms with Crippen LogP contribution in [0.2, 0.25) is 0 Å². The van der Waals surface area contributed by atoms with Crippen molar-refractivity contribution in [1.29, 1.82) is 0 Å². The summed E-state index contributed by atoms with van der Waals surface area (Å²) in [6, 6.07) is 8.31. The van der Waals surface area contributed by atoms with E-state index >= 15 is 0 Å². The quantitative estimate of drug-likeness (QED) is 0.705. The van der Waals surface area contributed by atoms with E-state index in [2.05, 4.69) is 11.2 Å². The number of likely N-dealkylation sites (tertiary alicyclic amines) is 1. The van der Waals surface area contributed by atoms with E-state index < -0.39 is 0 Å². The summed E-state index contributed by atoms with van der Waals surface area (Å²) in [5.41, 5.74) is 2.95. The fourth-order valence-corrected chi connectivity index (χ4v) is 5.17. The van der Waals surface area contributed by atoms with Crippen molar-refractivity contribution >= 4 is 27.5 Å². The molecular formula is C19H20N4OS. The SMILES string of the molecule is O=C(c1cnn2c1CCCC2)N1CCCC1c1nc2ccccc2s1. The third kappa shape index (κ3) is 2.47. The number of aryl methyl sites for hydroxylation is 1. The third-order valence-corrected chi connectivity index (χ3v) is 6.46. The van der Waals surface area contributed by atoms with Gasteiger partial charge in [0.25, 0.3) is 5.91 Å². The maximum absolute atomic E-state index is 13.2. The van der Waals surface area contributed by atoms with Crippen LogP contribution in [-0.4, -0.2) is 32.1 Å². The average Bonchev–Trinajstić information content (AvgIpc) is 3.37. The number of fused-ring (bicyclic) bond motifs is 2. The second-order valence-electron chi connectivity index (χ2n) is 6.86. The minimum absolute atomic E-state index is 0.101. The summed E-state index contributed by atoms with van der Waals surface area (Å²) in [6.45, 7) is 1.74. The van der Waals surface area contributed by atoms with E-state index in [1.165, 1.54) is 4.70 Å². The lowest BCUT2D eigenvalue weighted by molar-refractivity contribution is 0.0734. The van der Waals surface area contributed by atoms with Gasteiger partial charge in [-0.15, -0.1) is 11.3 Å². The number of benzene rings is 1. The summed E-state index contributed by atoms with van der Waals surface area (Å²) in [4.78, 5) is 20.0. The molecule has 128 valence electrons. The normalized spacial score (nSPS) is 20.2. The highest BCUT2D eigenvalue weighted by Crippen LogP contribution is 2.37. The van der Waals surface area contributed by atoms with Gasteiger partial charge in [0.1, 0.15) is 5.01 Å². The molecule has 5 nitrogen and oxygen atoms in total. The van der Waals surface area contributed by atoms with Crippen molar-refractivity contribution in [3.8, 4) is 0 Å². The molecule has 25 heavy (non-hydrogen) atoms. The van der Waals surface area contributed by atoms with Crippen LogP contribution in [0.15, 0.2) is 30.5 Å². The number of carbonyl (C=O) groups excluding carboxylic acids is 1. The van der Waals surface area contributed by atoms with Crippen molar-refractivity contribution in [2.75, 3.05) is 6.54 Å². The number of carbonyl (C=O) groups is 1. The molecule has 0 N–H and O–H groups in total. The van der Waals surface area contributed by atoms with Crippen molar-refractivity contribution in [2.24, 2.45) is 0 Å². The molecule has 1 unspecified atom stereocenters. The van der Waals surface area contributed by atoms with Crippen LogP contribution >= 0.6 is 11.3 Å². The summed E-state index contributed by atoms with van der Waals surface area (Å²) >= 11 is 1.72. The smallest absolute Gasteiger partial charge is 0.257 e. The summed E-state index contributed by atoms with van der Waals surface area (Å²) in [7, 11) is 0.